The average Bonchev–Trinajstić information content (AvgIpc) is 2.59. The number of rotatable bonds is 6. The molecule has 0 aliphatic rings. The van der Waals surface area contributed by atoms with Crippen LogP contribution in [0.5, 0.6) is 0 Å². The normalized spacial score (nSPS) is 10.6. The van der Waals surface area contributed by atoms with Crippen molar-refractivity contribution < 1.29 is 0 Å². The standard InChI is InChI=1S/C8H16N4S/c1-3-9-6-8-10-7-12(11-8)4-5-13-2/h7,9H,3-6H2,1-2H3. The van der Waals surface area contributed by atoms with Crippen LogP contribution in [-0.2, 0) is 13.1 Å². The number of thioether (sulfide) groups is 1. The largest absolute Gasteiger partial charge is 0.310 e. The number of nitrogens with one attached hydrogen (secondary N) is 1. The highest BCUT2D eigenvalue weighted by Crippen LogP contribution is 1.95. The van der Waals surface area contributed by atoms with Gasteiger partial charge in [0.2, 0.25) is 0 Å². The maximum atomic E-state index is 4.31. The number of aryl methyl sites for hydroxylation is 1. The van der Waals surface area contributed by atoms with Gasteiger partial charge in [-0.3, -0.25) is 4.68 Å². The number of nitrogens with zero attached hydrogens (tertiary/aromatic N) is 3. The van der Waals surface area contributed by atoms with Crippen LogP contribution in [0.1, 0.15) is 12.7 Å². The van der Waals surface area contributed by atoms with E-state index in [0.29, 0.717) is 0 Å². The van der Waals surface area contributed by atoms with E-state index in [0.717, 1.165) is 31.2 Å². The second kappa shape index (κ2) is 5.99. The molecule has 0 atom stereocenters. The topological polar surface area (TPSA) is 42.7 Å². The van der Waals surface area contributed by atoms with Gasteiger partial charge in [0.15, 0.2) is 5.82 Å². The smallest absolute Gasteiger partial charge is 0.164 e. The molecule has 0 aromatic carbocycles. The molecule has 1 rings (SSSR count). The Kier molecular flexibility index (Phi) is 4.85. The van der Waals surface area contributed by atoms with Crippen LogP contribution in [0.2, 0.25) is 0 Å². The number of hydrogen-bond acceptors (Lipinski definition) is 4. The van der Waals surface area contributed by atoms with Crippen LogP contribution >= 0.6 is 11.8 Å². The van der Waals surface area contributed by atoms with Crippen molar-refractivity contribution in [1.82, 2.24) is 20.1 Å². The molecule has 0 saturated heterocycles. The Morgan fingerprint density at radius 2 is 2.46 bits per heavy atom. The first-order valence-electron chi connectivity index (χ1n) is 4.44. The highest BCUT2D eigenvalue weighted by Gasteiger charge is 1.98. The molecular formula is C8H16N4S. The van der Waals surface area contributed by atoms with Gasteiger partial charge in [0.25, 0.3) is 0 Å². The summed E-state index contributed by atoms with van der Waals surface area (Å²) in [4.78, 5) is 4.19. The Hall–Kier alpha value is -0.550. The van der Waals surface area contributed by atoms with E-state index in [1.807, 2.05) is 16.4 Å². The van der Waals surface area contributed by atoms with Gasteiger partial charge < -0.3 is 5.32 Å². The first-order chi connectivity index (χ1) is 6.36. The molecule has 1 aromatic heterocycles. The molecule has 1 aromatic rings. The van der Waals surface area contributed by atoms with Gasteiger partial charge in [-0.05, 0) is 12.8 Å². The van der Waals surface area contributed by atoms with Crippen molar-refractivity contribution in [2.45, 2.75) is 20.0 Å². The van der Waals surface area contributed by atoms with Crippen molar-refractivity contribution in [1.29, 1.82) is 0 Å². The highest BCUT2D eigenvalue weighted by atomic mass is 32.2. The molecule has 1 N–H and O–H groups in total. The van der Waals surface area contributed by atoms with Gasteiger partial charge in [-0.15, -0.1) is 0 Å². The van der Waals surface area contributed by atoms with Gasteiger partial charge >= 0.3 is 0 Å². The molecule has 0 unspecified atom stereocenters. The molecule has 0 fully saturated rings. The summed E-state index contributed by atoms with van der Waals surface area (Å²) in [6, 6.07) is 0. The van der Waals surface area contributed by atoms with E-state index in [1.165, 1.54) is 0 Å². The minimum Gasteiger partial charge on any atom is -0.310 e. The highest BCUT2D eigenvalue weighted by molar-refractivity contribution is 7.98. The average molecular weight is 200 g/mol. The summed E-state index contributed by atoms with van der Waals surface area (Å²) in [6.45, 7) is 4.74. The number of hydrogen-bond donors (Lipinski definition) is 1. The molecule has 0 spiro atoms. The van der Waals surface area contributed by atoms with Gasteiger partial charge in [0.1, 0.15) is 6.33 Å². The molecule has 4 nitrogen and oxygen atoms in total. The van der Waals surface area contributed by atoms with Crippen LogP contribution in [0.3, 0.4) is 0 Å². The monoisotopic (exact) mass is 200 g/mol. The van der Waals surface area contributed by atoms with Gasteiger partial charge in [0.05, 0.1) is 13.1 Å². The summed E-state index contributed by atoms with van der Waals surface area (Å²) in [5.41, 5.74) is 0. The van der Waals surface area contributed by atoms with Crippen LogP contribution in [-0.4, -0.2) is 33.3 Å². The lowest BCUT2D eigenvalue weighted by atomic mass is 10.6. The zero-order valence-electron chi connectivity index (χ0n) is 8.16. The lowest BCUT2D eigenvalue weighted by Crippen LogP contribution is -2.13. The Bertz CT molecular complexity index is 213. The molecule has 0 radical (unpaired) electrons. The van der Waals surface area contributed by atoms with Crippen molar-refractivity contribution in [3.8, 4) is 0 Å². The minimum absolute atomic E-state index is 0.767. The Morgan fingerprint density at radius 3 is 3.15 bits per heavy atom. The van der Waals surface area contributed by atoms with Crippen LogP contribution in [0.4, 0.5) is 0 Å². The predicted octanol–water partition coefficient (Wildman–Crippen LogP) is 0.751. The predicted molar refractivity (Wildman–Crippen MR) is 55.8 cm³/mol. The molecule has 0 saturated carbocycles. The van der Waals surface area contributed by atoms with Crippen LogP contribution < -0.4 is 5.32 Å². The Labute approximate surface area is 83.1 Å². The van der Waals surface area contributed by atoms with E-state index in [4.69, 9.17) is 0 Å². The molecular weight excluding hydrogens is 184 g/mol. The molecule has 13 heavy (non-hydrogen) atoms. The first kappa shape index (κ1) is 10.5. The molecule has 1 heterocycles. The van der Waals surface area contributed by atoms with Crippen molar-refractivity contribution in [3.63, 3.8) is 0 Å². The number of aromatic nitrogens is 3. The summed E-state index contributed by atoms with van der Waals surface area (Å²) >= 11 is 1.82. The van der Waals surface area contributed by atoms with E-state index >= 15 is 0 Å². The van der Waals surface area contributed by atoms with Crippen LogP contribution in [0, 0.1) is 0 Å². The fraction of sp³-hybridized carbons (Fsp3) is 0.750. The van der Waals surface area contributed by atoms with Crippen LogP contribution in [0.15, 0.2) is 6.33 Å². The molecule has 0 bridgehead atoms. The van der Waals surface area contributed by atoms with Gasteiger partial charge in [0, 0.05) is 5.75 Å². The molecule has 74 valence electrons. The lowest BCUT2D eigenvalue weighted by molar-refractivity contribution is 0.631. The van der Waals surface area contributed by atoms with E-state index in [9.17, 15) is 0 Å². The SMILES string of the molecule is CCNCc1ncn(CCSC)n1. The summed E-state index contributed by atoms with van der Waals surface area (Å²) in [6.07, 6.45) is 3.89. The van der Waals surface area contributed by atoms with E-state index < -0.39 is 0 Å². The lowest BCUT2D eigenvalue weighted by Gasteiger charge is -1.97. The van der Waals surface area contributed by atoms with Gasteiger partial charge in [-0.2, -0.15) is 16.9 Å². The van der Waals surface area contributed by atoms with E-state index in [1.54, 1.807) is 6.33 Å². The summed E-state index contributed by atoms with van der Waals surface area (Å²) in [5, 5.41) is 7.51. The fourth-order valence-electron chi connectivity index (χ4n) is 0.944. The molecule has 0 aliphatic heterocycles. The first-order valence-corrected chi connectivity index (χ1v) is 5.84. The molecule has 0 amide bonds. The second-order valence-electron chi connectivity index (χ2n) is 2.70. The second-order valence-corrected chi connectivity index (χ2v) is 3.68. The summed E-state index contributed by atoms with van der Waals surface area (Å²) in [5.74, 6) is 1.97. The van der Waals surface area contributed by atoms with E-state index in [-0.39, 0.29) is 0 Å². The van der Waals surface area contributed by atoms with Crippen molar-refractivity contribution in [2.75, 3.05) is 18.6 Å². The third-order valence-corrected chi connectivity index (χ3v) is 2.23. The minimum atomic E-state index is 0.767. The zero-order valence-corrected chi connectivity index (χ0v) is 8.97. The van der Waals surface area contributed by atoms with Crippen molar-refractivity contribution in [3.05, 3.63) is 12.2 Å². The third kappa shape index (κ3) is 3.78. The zero-order chi connectivity index (χ0) is 9.52. The molecule has 0 aliphatic carbocycles. The van der Waals surface area contributed by atoms with E-state index in [2.05, 4.69) is 28.6 Å². The van der Waals surface area contributed by atoms with Crippen LogP contribution in [0.25, 0.3) is 0 Å². The summed E-state index contributed by atoms with van der Waals surface area (Å²) < 4.78 is 1.89. The van der Waals surface area contributed by atoms with Gasteiger partial charge in [-0.25, -0.2) is 4.98 Å². The Balaban J connectivity index is 2.34. The fourth-order valence-corrected chi connectivity index (χ4v) is 1.31. The van der Waals surface area contributed by atoms with Crippen molar-refractivity contribution >= 4 is 11.8 Å². The Morgan fingerprint density at radius 1 is 1.62 bits per heavy atom. The van der Waals surface area contributed by atoms with Crippen molar-refractivity contribution in [2.24, 2.45) is 0 Å². The maximum absolute atomic E-state index is 4.31. The molecule has 5 heteroatoms. The summed E-state index contributed by atoms with van der Waals surface area (Å²) in [7, 11) is 0. The third-order valence-electron chi connectivity index (χ3n) is 1.64. The van der Waals surface area contributed by atoms with Gasteiger partial charge in [-0.1, -0.05) is 6.92 Å². The quantitative estimate of drug-likeness (QED) is 0.736. The maximum Gasteiger partial charge on any atom is 0.164 e.